The number of rotatable bonds is 5. The molecule has 0 spiro atoms. The van der Waals surface area contributed by atoms with Crippen LogP contribution in [-0.4, -0.2) is 20.2 Å². The Morgan fingerprint density at radius 2 is 1.76 bits per heavy atom. The average Bonchev–Trinajstić information content (AvgIpc) is 2.45. The number of anilines is 1. The molecule has 4 nitrogen and oxygen atoms in total. The number of sulfonamides is 1. The van der Waals surface area contributed by atoms with E-state index < -0.39 is 27.6 Å². The van der Waals surface area contributed by atoms with Gasteiger partial charge >= 0.3 is 0 Å². The van der Waals surface area contributed by atoms with Crippen LogP contribution in [0.4, 0.5) is 10.1 Å². The molecule has 2 aromatic rings. The van der Waals surface area contributed by atoms with Gasteiger partial charge in [0.2, 0.25) is 5.24 Å². The van der Waals surface area contributed by atoms with Crippen LogP contribution in [0, 0.1) is 5.82 Å². The molecular formula is C14H11ClFNO3S. The summed E-state index contributed by atoms with van der Waals surface area (Å²) in [4.78, 5) is 11.1. The Morgan fingerprint density at radius 3 is 2.33 bits per heavy atom. The Balaban J connectivity index is 2.53. The molecule has 0 saturated carbocycles. The molecule has 0 aliphatic heterocycles. The average molecular weight is 328 g/mol. The summed E-state index contributed by atoms with van der Waals surface area (Å²) in [6, 6.07) is 12.5. The first kappa shape index (κ1) is 15.5. The third kappa shape index (κ3) is 3.59. The summed E-state index contributed by atoms with van der Waals surface area (Å²) in [6.07, 6.45) is 0. The van der Waals surface area contributed by atoms with E-state index in [0.29, 0.717) is 0 Å². The highest BCUT2D eigenvalue weighted by Crippen LogP contribution is 2.24. The highest BCUT2D eigenvalue weighted by molar-refractivity contribution is 7.92. The molecular weight excluding hydrogens is 317 g/mol. The fourth-order valence-electron chi connectivity index (χ4n) is 1.78. The molecule has 0 aromatic heterocycles. The summed E-state index contributed by atoms with van der Waals surface area (Å²) < 4.78 is 39.2. The van der Waals surface area contributed by atoms with E-state index in [0.717, 1.165) is 10.4 Å². The van der Waals surface area contributed by atoms with Crippen molar-refractivity contribution in [3.8, 4) is 0 Å². The van der Waals surface area contributed by atoms with Crippen LogP contribution in [0.1, 0.15) is 0 Å². The van der Waals surface area contributed by atoms with Gasteiger partial charge in [0.25, 0.3) is 10.0 Å². The van der Waals surface area contributed by atoms with E-state index in [2.05, 4.69) is 0 Å². The third-order valence-electron chi connectivity index (χ3n) is 2.70. The quantitative estimate of drug-likeness (QED) is 0.793. The van der Waals surface area contributed by atoms with Gasteiger partial charge in [0.15, 0.2) is 0 Å². The predicted molar refractivity (Wildman–Crippen MR) is 78.2 cm³/mol. The number of hydrogen-bond donors (Lipinski definition) is 0. The monoisotopic (exact) mass is 327 g/mol. The molecule has 0 radical (unpaired) electrons. The second-order valence-corrected chi connectivity index (χ2v) is 6.44. The summed E-state index contributed by atoms with van der Waals surface area (Å²) in [5, 5.41) is -0.862. The zero-order chi connectivity index (χ0) is 15.5. The summed E-state index contributed by atoms with van der Waals surface area (Å²) in [7, 11) is -4.00. The maximum absolute atomic E-state index is 13.3. The van der Waals surface area contributed by atoms with Gasteiger partial charge in [0.1, 0.15) is 12.4 Å². The fraction of sp³-hybridized carbons (Fsp3) is 0.0714. The molecule has 21 heavy (non-hydrogen) atoms. The van der Waals surface area contributed by atoms with Gasteiger partial charge in [-0.05, 0) is 41.9 Å². The Labute approximate surface area is 126 Å². The normalized spacial score (nSPS) is 11.1. The molecule has 0 N–H and O–H groups in total. The lowest BCUT2D eigenvalue weighted by Crippen LogP contribution is -2.34. The number of carbonyl (C=O) groups is 1. The third-order valence-corrected chi connectivity index (χ3v) is 4.60. The lowest BCUT2D eigenvalue weighted by Gasteiger charge is -2.22. The molecule has 0 aliphatic carbocycles. The first-order valence-electron chi connectivity index (χ1n) is 5.93. The number of hydrogen-bond acceptors (Lipinski definition) is 3. The van der Waals surface area contributed by atoms with Crippen LogP contribution < -0.4 is 4.31 Å². The summed E-state index contributed by atoms with van der Waals surface area (Å²) in [5.74, 6) is -0.609. The van der Waals surface area contributed by atoms with Crippen molar-refractivity contribution in [2.45, 2.75) is 4.90 Å². The van der Waals surface area contributed by atoms with Crippen LogP contribution in [-0.2, 0) is 14.8 Å². The van der Waals surface area contributed by atoms with Crippen molar-refractivity contribution in [3.63, 3.8) is 0 Å². The standard InChI is InChI=1S/C14H11ClFNO3S/c15-14(18)10-17(12-6-4-5-11(16)9-12)21(19,20)13-7-2-1-3-8-13/h1-9H,10H2. The Kier molecular flexibility index (Phi) is 4.59. The predicted octanol–water partition coefficient (Wildman–Crippen LogP) is 2.79. The topological polar surface area (TPSA) is 54.5 Å². The van der Waals surface area contributed by atoms with Gasteiger partial charge < -0.3 is 0 Å². The number of nitrogens with zero attached hydrogens (tertiary/aromatic N) is 1. The van der Waals surface area contributed by atoms with Gasteiger partial charge in [-0.3, -0.25) is 9.10 Å². The highest BCUT2D eigenvalue weighted by Gasteiger charge is 2.26. The van der Waals surface area contributed by atoms with Crippen LogP contribution in [0.3, 0.4) is 0 Å². The second-order valence-electron chi connectivity index (χ2n) is 4.16. The van der Waals surface area contributed by atoms with E-state index in [9.17, 15) is 17.6 Å². The van der Waals surface area contributed by atoms with E-state index >= 15 is 0 Å². The highest BCUT2D eigenvalue weighted by atomic mass is 35.5. The number of carbonyl (C=O) groups excluding carboxylic acids is 1. The van der Waals surface area contributed by atoms with E-state index in [4.69, 9.17) is 11.6 Å². The molecule has 0 unspecified atom stereocenters. The second kappa shape index (κ2) is 6.24. The van der Waals surface area contributed by atoms with Crippen LogP contribution in [0.25, 0.3) is 0 Å². The minimum atomic E-state index is -4.00. The van der Waals surface area contributed by atoms with Crippen LogP contribution in [0.5, 0.6) is 0 Å². The Morgan fingerprint density at radius 1 is 1.10 bits per heavy atom. The zero-order valence-corrected chi connectivity index (χ0v) is 12.3. The van der Waals surface area contributed by atoms with Gasteiger partial charge in [-0.25, -0.2) is 12.8 Å². The molecule has 2 rings (SSSR count). The Hall–Kier alpha value is -1.92. The molecule has 0 amide bonds. The first-order valence-corrected chi connectivity index (χ1v) is 7.75. The van der Waals surface area contributed by atoms with Crippen molar-refractivity contribution < 1.29 is 17.6 Å². The van der Waals surface area contributed by atoms with E-state index in [1.807, 2.05) is 0 Å². The van der Waals surface area contributed by atoms with Crippen molar-refractivity contribution >= 4 is 32.6 Å². The smallest absolute Gasteiger partial charge is 0.264 e. The lowest BCUT2D eigenvalue weighted by atomic mass is 10.3. The number of benzene rings is 2. The Bertz CT molecular complexity index is 750. The summed E-state index contributed by atoms with van der Waals surface area (Å²) in [6.45, 7) is -0.581. The van der Waals surface area contributed by atoms with Gasteiger partial charge in [-0.1, -0.05) is 24.3 Å². The molecule has 0 atom stereocenters. The van der Waals surface area contributed by atoms with Crippen molar-refractivity contribution in [1.82, 2.24) is 0 Å². The summed E-state index contributed by atoms with van der Waals surface area (Å²) >= 11 is 5.32. The van der Waals surface area contributed by atoms with E-state index in [1.165, 1.54) is 30.3 Å². The lowest BCUT2D eigenvalue weighted by molar-refractivity contribution is -0.110. The van der Waals surface area contributed by atoms with Gasteiger partial charge in [0.05, 0.1) is 10.6 Å². The number of halogens is 2. The van der Waals surface area contributed by atoms with Gasteiger partial charge in [-0.2, -0.15) is 0 Å². The maximum atomic E-state index is 13.3. The minimum Gasteiger partial charge on any atom is -0.279 e. The van der Waals surface area contributed by atoms with Crippen LogP contribution in [0.15, 0.2) is 59.5 Å². The van der Waals surface area contributed by atoms with Crippen LogP contribution in [0.2, 0.25) is 0 Å². The van der Waals surface area contributed by atoms with Crippen LogP contribution >= 0.6 is 11.6 Å². The van der Waals surface area contributed by atoms with Crippen molar-refractivity contribution in [2.75, 3.05) is 10.8 Å². The molecule has 7 heteroatoms. The van der Waals surface area contributed by atoms with Crippen molar-refractivity contribution in [3.05, 3.63) is 60.4 Å². The van der Waals surface area contributed by atoms with Crippen molar-refractivity contribution in [2.24, 2.45) is 0 Å². The summed E-state index contributed by atoms with van der Waals surface area (Å²) in [5.41, 5.74) is 0.0350. The molecule has 0 aliphatic rings. The molecule has 0 saturated heterocycles. The maximum Gasteiger partial charge on any atom is 0.264 e. The van der Waals surface area contributed by atoms with Gasteiger partial charge in [0, 0.05) is 0 Å². The largest absolute Gasteiger partial charge is 0.279 e. The van der Waals surface area contributed by atoms with Crippen molar-refractivity contribution in [1.29, 1.82) is 0 Å². The molecule has 0 heterocycles. The molecule has 0 fully saturated rings. The molecule has 110 valence electrons. The molecule has 2 aromatic carbocycles. The van der Waals surface area contributed by atoms with E-state index in [-0.39, 0.29) is 10.6 Å². The fourth-order valence-corrected chi connectivity index (χ4v) is 3.40. The van der Waals surface area contributed by atoms with E-state index in [1.54, 1.807) is 18.2 Å². The molecule has 0 bridgehead atoms. The van der Waals surface area contributed by atoms with Gasteiger partial charge in [-0.15, -0.1) is 0 Å². The minimum absolute atomic E-state index is 0.00724. The zero-order valence-electron chi connectivity index (χ0n) is 10.7. The SMILES string of the molecule is O=C(Cl)CN(c1cccc(F)c1)S(=O)(=O)c1ccccc1. The first-order chi connectivity index (χ1) is 9.91.